The molecule has 0 bridgehead atoms. The summed E-state index contributed by atoms with van der Waals surface area (Å²) in [5.41, 5.74) is 2.99. The average Bonchev–Trinajstić information content (AvgIpc) is 3.37. The quantitative estimate of drug-likeness (QED) is 0.549. The van der Waals surface area contributed by atoms with Crippen molar-refractivity contribution in [3.05, 3.63) is 64.8 Å². The minimum absolute atomic E-state index is 0.154. The molecule has 0 radical (unpaired) electrons. The number of furan rings is 1. The highest BCUT2D eigenvalue weighted by molar-refractivity contribution is 6.33. The second kappa shape index (κ2) is 6.93. The lowest BCUT2D eigenvalue weighted by molar-refractivity contribution is 0.0925. The first kappa shape index (κ1) is 16.2. The summed E-state index contributed by atoms with van der Waals surface area (Å²) < 4.78 is 17.7. The maximum absolute atomic E-state index is 12.1. The van der Waals surface area contributed by atoms with Crippen LogP contribution in [0.25, 0.3) is 0 Å². The third-order valence-corrected chi connectivity index (χ3v) is 3.95. The van der Waals surface area contributed by atoms with E-state index >= 15 is 0 Å². The Morgan fingerprint density at radius 1 is 1.35 bits per heavy atom. The smallest absolute Gasteiger partial charge is 0.307 e. The van der Waals surface area contributed by atoms with E-state index < -0.39 is 5.91 Å². The topological polar surface area (TPSA) is 90.9 Å². The van der Waals surface area contributed by atoms with Gasteiger partial charge < -0.3 is 13.9 Å². The second-order valence-corrected chi connectivity index (χ2v) is 5.80. The SMILES string of the molecule is O=C(N/N=C/c1cc2c(cc1Cl)OCO2)c1ccc(Cn2cccn2)o1. The van der Waals surface area contributed by atoms with Crippen molar-refractivity contribution in [2.45, 2.75) is 6.54 Å². The summed E-state index contributed by atoms with van der Waals surface area (Å²) in [5.74, 6) is 1.46. The number of hydrazone groups is 1. The molecule has 3 aromatic rings. The van der Waals surface area contributed by atoms with Crippen LogP contribution >= 0.6 is 11.6 Å². The Morgan fingerprint density at radius 3 is 3.00 bits per heavy atom. The molecule has 0 saturated carbocycles. The van der Waals surface area contributed by atoms with Gasteiger partial charge in [-0.1, -0.05) is 11.6 Å². The molecule has 0 unspecified atom stereocenters. The molecule has 0 atom stereocenters. The molecule has 8 nitrogen and oxygen atoms in total. The minimum Gasteiger partial charge on any atom is -0.454 e. The lowest BCUT2D eigenvalue weighted by Gasteiger charge is -2.01. The van der Waals surface area contributed by atoms with Crippen molar-refractivity contribution in [1.82, 2.24) is 15.2 Å². The first-order chi connectivity index (χ1) is 12.7. The molecule has 0 saturated heterocycles. The maximum Gasteiger partial charge on any atom is 0.307 e. The maximum atomic E-state index is 12.1. The zero-order chi connectivity index (χ0) is 17.9. The number of aromatic nitrogens is 2. The molecular formula is C17H13ClN4O4. The van der Waals surface area contributed by atoms with E-state index in [9.17, 15) is 4.79 Å². The number of hydrogen-bond donors (Lipinski definition) is 1. The molecule has 1 amide bonds. The monoisotopic (exact) mass is 372 g/mol. The Morgan fingerprint density at radius 2 is 2.19 bits per heavy atom. The van der Waals surface area contributed by atoms with Crippen LogP contribution in [-0.2, 0) is 6.54 Å². The number of fused-ring (bicyclic) bond motifs is 1. The Labute approximate surface area is 153 Å². The number of halogens is 1. The fraction of sp³-hybridized carbons (Fsp3) is 0.118. The molecular weight excluding hydrogens is 360 g/mol. The van der Waals surface area contributed by atoms with Gasteiger partial charge in [0.05, 0.1) is 17.8 Å². The van der Waals surface area contributed by atoms with E-state index in [1.807, 2.05) is 12.3 Å². The van der Waals surface area contributed by atoms with Crippen LogP contribution in [0.3, 0.4) is 0 Å². The predicted molar refractivity (Wildman–Crippen MR) is 92.7 cm³/mol. The van der Waals surface area contributed by atoms with Crippen molar-refractivity contribution in [2.75, 3.05) is 6.79 Å². The summed E-state index contributed by atoms with van der Waals surface area (Å²) in [6.07, 6.45) is 4.91. The number of benzene rings is 1. The van der Waals surface area contributed by atoms with E-state index in [0.717, 1.165) is 0 Å². The Kier molecular flexibility index (Phi) is 4.32. The van der Waals surface area contributed by atoms with E-state index in [1.54, 1.807) is 35.1 Å². The third-order valence-electron chi connectivity index (χ3n) is 3.62. The van der Waals surface area contributed by atoms with Gasteiger partial charge in [-0.3, -0.25) is 9.48 Å². The van der Waals surface area contributed by atoms with Gasteiger partial charge in [-0.2, -0.15) is 10.2 Å². The number of amides is 1. The standard InChI is InChI=1S/C17H13ClN4O4/c18-13-7-16-15(24-10-25-16)6-11(13)8-19-21-17(23)14-3-2-12(26-14)9-22-5-1-4-20-22/h1-8H,9-10H2,(H,21,23)/b19-8+. The van der Waals surface area contributed by atoms with Crippen LogP contribution in [0.15, 0.2) is 52.2 Å². The van der Waals surface area contributed by atoms with Gasteiger partial charge in [-0.05, 0) is 24.3 Å². The molecule has 0 aliphatic carbocycles. The molecule has 9 heteroatoms. The highest BCUT2D eigenvalue weighted by atomic mass is 35.5. The van der Waals surface area contributed by atoms with Crippen molar-refractivity contribution in [3.8, 4) is 11.5 Å². The van der Waals surface area contributed by atoms with Gasteiger partial charge in [-0.25, -0.2) is 5.43 Å². The van der Waals surface area contributed by atoms with Crippen LogP contribution in [0.1, 0.15) is 21.9 Å². The van der Waals surface area contributed by atoms with E-state index in [0.29, 0.717) is 34.4 Å². The van der Waals surface area contributed by atoms with Crippen LogP contribution in [0.2, 0.25) is 5.02 Å². The number of nitrogens with zero attached hydrogens (tertiary/aromatic N) is 3. The number of carbonyl (C=O) groups is 1. The van der Waals surface area contributed by atoms with Crippen LogP contribution in [-0.4, -0.2) is 28.7 Å². The number of carbonyl (C=O) groups excluding carboxylic acids is 1. The molecule has 132 valence electrons. The largest absolute Gasteiger partial charge is 0.454 e. The zero-order valence-electron chi connectivity index (χ0n) is 13.4. The summed E-state index contributed by atoms with van der Waals surface area (Å²) in [4.78, 5) is 12.1. The first-order valence-electron chi connectivity index (χ1n) is 7.68. The van der Waals surface area contributed by atoms with Gasteiger partial charge >= 0.3 is 5.91 Å². The van der Waals surface area contributed by atoms with Crippen molar-refractivity contribution in [2.24, 2.45) is 5.10 Å². The molecule has 0 spiro atoms. The number of nitrogens with one attached hydrogen (secondary N) is 1. The molecule has 26 heavy (non-hydrogen) atoms. The molecule has 1 N–H and O–H groups in total. The molecule has 4 rings (SSSR count). The molecule has 3 heterocycles. The van der Waals surface area contributed by atoms with Crippen molar-refractivity contribution in [1.29, 1.82) is 0 Å². The van der Waals surface area contributed by atoms with Crippen molar-refractivity contribution in [3.63, 3.8) is 0 Å². The van der Waals surface area contributed by atoms with Gasteiger partial charge in [0.2, 0.25) is 6.79 Å². The number of rotatable bonds is 5. The Bertz CT molecular complexity index is 965. The summed E-state index contributed by atoms with van der Waals surface area (Å²) >= 11 is 6.14. The molecule has 2 aromatic heterocycles. The van der Waals surface area contributed by atoms with E-state index in [1.165, 1.54) is 6.21 Å². The fourth-order valence-corrected chi connectivity index (χ4v) is 2.59. The second-order valence-electron chi connectivity index (χ2n) is 5.40. The van der Waals surface area contributed by atoms with Gasteiger partial charge in [-0.15, -0.1) is 0 Å². The molecule has 1 aliphatic rings. The highest BCUT2D eigenvalue weighted by Crippen LogP contribution is 2.36. The van der Waals surface area contributed by atoms with Crippen LogP contribution in [0.4, 0.5) is 0 Å². The Balaban J connectivity index is 1.39. The lowest BCUT2D eigenvalue weighted by Crippen LogP contribution is -2.16. The van der Waals surface area contributed by atoms with Gasteiger partial charge in [0.15, 0.2) is 17.3 Å². The highest BCUT2D eigenvalue weighted by Gasteiger charge is 2.16. The molecule has 1 aliphatic heterocycles. The normalized spacial score (nSPS) is 12.7. The summed E-state index contributed by atoms with van der Waals surface area (Å²) in [6, 6.07) is 8.44. The summed E-state index contributed by atoms with van der Waals surface area (Å²) in [5, 5.41) is 8.43. The number of ether oxygens (including phenoxy) is 2. The van der Waals surface area contributed by atoms with Crippen molar-refractivity contribution < 1.29 is 18.7 Å². The van der Waals surface area contributed by atoms with E-state index in [4.69, 9.17) is 25.5 Å². The predicted octanol–water partition coefficient (Wildman–Crippen LogP) is 2.67. The molecule has 1 aromatic carbocycles. The van der Waals surface area contributed by atoms with Crippen molar-refractivity contribution >= 4 is 23.7 Å². The van der Waals surface area contributed by atoms with Crippen LogP contribution < -0.4 is 14.9 Å². The number of hydrogen-bond acceptors (Lipinski definition) is 6. The van der Waals surface area contributed by atoms with E-state index in [2.05, 4.69) is 15.6 Å². The van der Waals surface area contributed by atoms with Crippen LogP contribution in [0, 0.1) is 0 Å². The summed E-state index contributed by atoms with van der Waals surface area (Å²) in [7, 11) is 0. The van der Waals surface area contributed by atoms with Gasteiger partial charge in [0, 0.05) is 24.0 Å². The summed E-state index contributed by atoms with van der Waals surface area (Å²) in [6.45, 7) is 0.596. The first-order valence-corrected chi connectivity index (χ1v) is 8.05. The average molecular weight is 373 g/mol. The zero-order valence-corrected chi connectivity index (χ0v) is 14.1. The van der Waals surface area contributed by atoms with E-state index in [-0.39, 0.29) is 12.6 Å². The van der Waals surface area contributed by atoms with Gasteiger partial charge in [0.1, 0.15) is 5.76 Å². The molecule has 0 fully saturated rings. The Hall–Kier alpha value is -3.26. The minimum atomic E-state index is -0.468. The lowest BCUT2D eigenvalue weighted by atomic mass is 10.2. The fourth-order valence-electron chi connectivity index (χ4n) is 2.39. The van der Waals surface area contributed by atoms with Crippen LogP contribution in [0.5, 0.6) is 11.5 Å². The third kappa shape index (κ3) is 3.40. The van der Waals surface area contributed by atoms with Gasteiger partial charge in [0.25, 0.3) is 0 Å².